The summed E-state index contributed by atoms with van der Waals surface area (Å²) in [4.78, 5) is 10.3. The molecule has 0 heterocycles. The Labute approximate surface area is 129 Å². The smallest absolute Gasteiger partial charge is 0.263 e. The Morgan fingerprint density at radius 3 is 2.09 bits per heavy atom. The van der Waals surface area contributed by atoms with Crippen molar-refractivity contribution in [1.29, 1.82) is 0 Å². The fourth-order valence-corrected chi connectivity index (χ4v) is 3.33. The summed E-state index contributed by atoms with van der Waals surface area (Å²) in [7, 11) is -4.04. The highest BCUT2D eigenvalue weighted by molar-refractivity contribution is 7.92. The lowest BCUT2D eigenvalue weighted by atomic mass is 10.1. The largest absolute Gasteiger partial charge is 0.333 e. The van der Waals surface area contributed by atoms with Crippen molar-refractivity contribution in [1.82, 2.24) is 0 Å². The number of hydrogen-bond acceptors (Lipinski definition) is 4. The van der Waals surface area contributed by atoms with Crippen LogP contribution in [0.15, 0.2) is 77.7 Å². The van der Waals surface area contributed by atoms with Crippen LogP contribution in [0.1, 0.15) is 5.56 Å². The maximum absolute atomic E-state index is 12.3. The predicted octanol–water partition coefficient (Wildman–Crippen LogP) is 2.86. The molecule has 0 saturated heterocycles. The van der Waals surface area contributed by atoms with Crippen molar-refractivity contribution in [2.45, 2.75) is 16.7 Å². The summed E-state index contributed by atoms with van der Waals surface area (Å²) in [6.07, 6.45) is 3.09. The van der Waals surface area contributed by atoms with E-state index in [2.05, 4.69) is 0 Å². The monoisotopic (exact) mass is 317 g/mol. The van der Waals surface area contributed by atoms with E-state index in [0.29, 0.717) is 6.42 Å². The van der Waals surface area contributed by atoms with Crippen LogP contribution in [-0.2, 0) is 16.3 Å². The molecule has 114 valence electrons. The van der Waals surface area contributed by atoms with Crippen molar-refractivity contribution in [2.75, 3.05) is 0 Å². The fourth-order valence-electron chi connectivity index (χ4n) is 1.97. The first-order chi connectivity index (χ1) is 10.5. The first-order valence-corrected chi connectivity index (χ1v) is 8.19. The molecule has 0 aliphatic heterocycles. The molecule has 0 spiro atoms. The Morgan fingerprint density at radius 1 is 1.00 bits per heavy atom. The third-order valence-corrected chi connectivity index (χ3v) is 4.99. The van der Waals surface area contributed by atoms with Crippen LogP contribution in [0.3, 0.4) is 0 Å². The highest BCUT2D eigenvalue weighted by Gasteiger charge is 2.34. The SMILES string of the molecule is O=[N+]([O-])C(/C=C/Cc1ccccc1)S(=O)(=O)c1ccccc1. The number of benzene rings is 2. The lowest BCUT2D eigenvalue weighted by molar-refractivity contribution is -0.485. The summed E-state index contributed by atoms with van der Waals surface area (Å²) in [5, 5.41) is 9.36. The molecular weight excluding hydrogens is 302 g/mol. The van der Waals surface area contributed by atoms with Crippen LogP contribution in [0.4, 0.5) is 0 Å². The van der Waals surface area contributed by atoms with E-state index in [4.69, 9.17) is 0 Å². The topological polar surface area (TPSA) is 77.3 Å². The van der Waals surface area contributed by atoms with E-state index in [1.54, 1.807) is 6.07 Å². The van der Waals surface area contributed by atoms with Gasteiger partial charge in [0.25, 0.3) is 9.84 Å². The van der Waals surface area contributed by atoms with Crippen molar-refractivity contribution in [2.24, 2.45) is 0 Å². The van der Waals surface area contributed by atoms with Gasteiger partial charge in [-0.25, -0.2) is 8.42 Å². The number of sulfone groups is 1. The Hall–Kier alpha value is -2.47. The van der Waals surface area contributed by atoms with E-state index in [0.717, 1.165) is 11.6 Å². The predicted molar refractivity (Wildman–Crippen MR) is 83.7 cm³/mol. The summed E-state index contributed by atoms with van der Waals surface area (Å²) >= 11 is 0. The van der Waals surface area contributed by atoms with Gasteiger partial charge in [-0.1, -0.05) is 54.6 Å². The minimum atomic E-state index is -4.04. The van der Waals surface area contributed by atoms with E-state index in [1.165, 1.54) is 30.3 Å². The highest BCUT2D eigenvalue weighted by Crippen LogP contribution is 2.17. The van der Waals surface area contributed by atoms with Gasteiger partial charge in [0.15, 0.2) is 0 Å². The fraction of sp³-hybridized carbons (Fsp3) is 0.125. The van der Waals surface area contributed by atoms with Crippen LogP contribution < -0.4 is 0 Å². The van der Waals surface area contributed by atoms with Crippen LogP contribution in [0, 0.1) is 10.1 Å². The number of rotatable bonds is 6. The van der Waals surface area contributed by atoms with Gasteiger partial charge in [0.1, 0.15) is 0 Å². The normalized spacial score (nSPS) is 13.1. The van der Waals surface area contributed by atoms with Crippen molar-refractivity contribution in [3.8, 4) is 0 Å². The molecule has 5 nitrogen and oxygen atoms in total. The quantitative estimate of drug-likeness (QED) is 0.466. The summed E-state index contributed by atoms with van der Waals surface area (Å²) < 4.78 is 24.6. The van der Waals surface area contributed by atoms with E-state index >= 15 is 0 Å². The van der Waals surface area contributed by atoms with E-state index < -0.39 is 20.1 Å². The standard InChI is InChI=1S/C16H15NO4S/c18-17(19)16(13-7-10-14-8-3-1-4-9-14)22(20,21)15-11-5-2-6-12-15/h1-9,11-13,16H,10H2/b13-7+. The van der Waals surface area contributed by atoms with Crippen LogP contribution in [-0.4, -0.2) is 18.7 Å². The zero-order chi connectivity index (χ0) is 16.0. The van der Waals surface area contributed by atoms with Crippen LogP contribution in [0.5, 0.6) is 0 Å². The van der Waals surface area contributed by atoms with Gasteiger partial charge in [-0.3, -0.25) is 10.1 Å². The Balaban J connectivity index is 2.22. The van der Waals surface area contributed by atoms with Crippen molar-refractivity contribution < 1.29 is 13.3 Å². The number of allylic oxidation sites excluding steroid dienone is 1. The third kappa shape index (κ3) is 3.79. The van der Waals surface area contributed by atoms with Crippen LogP contribution in [0.25, 0.3) is 0 Å². The van der Waals surface area contributed by atoms with Gasteiger partial charge in [-0.05, 0) is 24.1 Å². The molecular formula is C16H15NO4S. The van der Waals surface area contributed by atoms with Gasteiger partial charge < -0.3 is 0 Å². The molecule has 0 fully saturated rings. The van der Waals surface area contributed by atoms with Gasteiger partial charge in [-0.15, -0.1) is 0 Å². The van der Waals surface area contributed by atoms with Crippen molar-refractivity contribution >= 4 is 9.84 Å². The molecule has 22 heavy (non-hydrogen) atoms. The molecule has 2 aromatic rings. The lowest BCUT2D eigenvalue weighted by Gasteiger charge is -2.07. The van der Waals surface area contributed by atoms with Crippen molar-refractivity contribution in [3.63, 3.8) is 0 Å². The van der Waals surface area contributed by atoms with Gasteiger partial charge in [0.05, 0.1) is 4.90 Å². The number of nitrogens with zero attached hydrogens (tertiary/aromatic N) is 1. The van der Waals surface area contributed by atoms with E-state index in [-0.39, 0.29) is 4.90 Å². The first kappa shape index (κ1) is 15.9. The lowest BCUT2D eigenvalue weighted by Crippen LogP contribution is -2.27. The number of hydrogen-bond donors (Lipinski definition) is 0. The zero-order valence-corrected chi connectivity index (χ0v) is 12.5. The molecule has 0 aliphatic rings. The Morgan fingerprint density at radius 2 is 1.55 bits per heavy atom. The molecule has 0 saturated carbocycles. The van der Waals surface area contributed by atoms with Gasteiger partial charge in [0, 0.05) is 11.0 Å². The van der Waals surface area contributed by atoms with Crippen LogP contribution in [0.2, 0.25) is 0 Å². The molecule has 1 atom stereocenters. The van der Waals surface area contributed by atoms with Gasteiger partial charge in [-0.2, -0.15) is 0 Å². The van der Waals surface area contributed by atoms with E-state index in [9.17, 15) is 18.5 Å². The number of nitro groups is 1. The molecule has 2 aromatic carbocycles. The second kappa shape index (κ2) is 7.00. The van der Waals surface area contributed by atoms with Gasteiger partial charge >= 0.3 is 5.37 Å². The van der Waals surface area contributed by atoms with Gasteiger partial charge in [0.2, 0.25) is 0 Å². The molecule has 6 heteroatoms. The summed E-state index contributed by atoms with van der Waals surface area (Å²) in [6, 6.07) is 16.8. The third-order valence-electron chi connectivity index (χ3n) is 3.09. The summed E-state index contributed by atoms with van der Waals surface area (Å²) in [5.41, 5.74) is 0.956. The molecule has 0 aliphatic carbocycles. The molecule has 0 aromatic heterocycles. The minimum absolute atomic E-state index is 0.0546. The molecule has 2 rings (SSSR count). The Bertz CT molecular complexity index is 755. The average Bonchev–Trinajstić information content (AvgIpc) is 2.53. The average molecular weight is 317 g/mol. The zero-order valence-electron chi connectivity index (χ0n) is 11.7. The highest BCUT2D eigenvalue weighted by atomic mass is 32.2. The summed E-state index contributed by atoms with van der Waals surface area (Å²) in [6.45, 7) is 0. The molecule has 0 bridgehead atoms. The second-order valence-electron chi connectivity index (χ2n) is 4.65. The first-order valence-electron chi connectivity index (χ1n) is 6.65. The Kier molecular flexibility index (Phi) is 5.06. The molecule has 1 unspecified atom stereocenters. The maximum atomic E-state index is 12.3. The maximum Gasteiger partial charge on any atom is 0.333 e. The second-order valence-corrected chi connectivity index (χ2v) is 6.70. The molecule has 0 radical (unpaired) electrons. The molecule has 0 N–H and O–H groups in total. The summed E-state index contributed by atoms with van der Waals surface area (Å²) in [5.74, 6) is 0. The van der Waals surface area contributed by atoms with Crippen LogP contribution >= 0.6 is 0 Å². The van der Waals surface area contributed by atoms with E-state index in [1.807, 2.05) is 30.3 Å². The minimum Gasteiger partial charge on any atom is -0.263 e. The molecule has 0 amide bonds. The van der Waals surface area contributed by atoms with Crippen molar-refractivity contribution in [3.05, 3.63) is 88.5 Å².